The number of benzene rings is 2. The van der Waals surface area contributed by atoms with Crippen molar-refractivity contribution in [3.05, 3.63) is 42.5 Å². The van der Waals surface area contributed by atoms with Crippen LogP contribution in [-0.2, 0) is 27.4 Å². The second-order valence-corrected chi connectivity index (χ2v) is 8.51. The summed E-state index contributed by atoms with van der Waals surface area (Å²) in [6, 6.07) is 14.7. The fourth-order valence-corrected chi connectivity index (χ4v) is 4.29. The third-order valence-corrected chi connectivity index (χ3v) is 7.27. The van der Waals surface area contributed by atoms with Crippen LogP contribution in [0.3, 0.4) is 0 Å². The third-order valence-electron chi connectivity index (χ3n) is 3.87. The molecule has 0 saturated carbocycles. The van der Waals surface area contributed by atoms with E-state index < -0.39 is 6.49 Å². The first-order chi connectivity index (χ1) is 10.1. The van der Waals surface area contributed by atoms with Gasteiger partial charge in [-0.2, -0.15) is 0 Å². The second-order valence-electron chi connectivity index (χ2n) is 4.83. The molecule has 0 unspecified atom stereocenters. The van der Waals surface area contributed by atoms with E-state index in [0.29, 0.717) is 0 Å². The van der Waals surface area contributed by atoms with Crippen LogP contribution < -0.4 is 5.30 Å². The van der Waals surface area contributed by atoms with Crippen molar-refractivity contribution in [2.24, 2.45) is 0 Å². The van der Waals surface area contributed by atoms with Gasteiger partial charge in [-0.25, -0.2) is 0 Å². The molecular formula is C16H18NO2PS. The maximum absolute atomic E-state index is 5.55. The molecule has 1 heterocycles. The zero-order valence-corrected chi connectivity index (χ0v) is 14.1. The van der Waals surface area contributed by atoms with Crippen LogP contribution in [0.15, 0.2) is 42.5 Å². The monoisotopic (exact) mass is 319 g/mol. The molecule has 5 heteroatoms. The Hall–Kier alpha value is -1.19. The van der Waals surface area contributed by atoms with Crippen LogP contribution in [0.25, 0.3) is 21.8 Å². The average molecular weight is 319 g/mol. The van der Waals surface area contributed by atoms with Crippen LogP contribution in [0.1, 0.15) is 6.92 Å². The predicted molar refractivity (Wildman–Crippen MR) is 93.1 cm³/mol. The van der Waals surface area contributed by atoms with Crippen LogP contribution >= 0.6 is 6.49 Å². The topological polar surface area (TPSA) is 23.4 Å². The van der Waals surface area contributed by atoms with Gasteiger partial charge < -0.3 is 13.6 Å². The first-order valence-electron chi connectivity index (χ1n) is 6.87. The standard InChI is InChI=1S/C16H18NO2PS/c1-4-17-15-8-6-5-7-13(15)14-11-12(9-10-16(14)17)20(21,18-2)19-3/h5-11H,4H2,1-3H3. The summed E-state index contributed by atoms with van der Waals surface area (Å²) in [6.07, 6.45) is 0. The van der Waals surface area contributed by atoms with Crippen molar-refractivity contribution in [2.75, 3.05) is 14.2 Å². The van der Waals surface area contributed by atoms with E-state index in [1.165, 1.54) is 21.8 Å². The quantitative estimate of drug-likeness (QED) is 0.678. The molecule has 3 rings (SSSR count). The Morgan fingerprint density at radius 3 is 2.33 bits per heavy atom. The first kappa shape index (κ1) is 14.7. The first-order valence-corrected chi connectivity index (χ1v) is 9.51. The molecule has 0 N–H and O–H groups in total. The van der Waals surface area contributed by atoms with Crippen molar-refractivity contribution in [1.82, 2.24) is 4.57 Å². The van der Waals surface area contributed by atoms with E-state index in [1.807, 2.05) is 6.07 Å². The van der Waals surface area contributed by atoms with E-state index in [-0.39, 0.29) is 0 Å². The summed E-state index contributed by atoms with van der Waals surface area (Å²) in [5.74, 6) is 0. The predicted octanol–water partition coefficient (Wildman–Crippen LogP) is 4.04. The van der Waals surface area contributed by atoms with Gasteiger partial charge in [0, 0.05) is 47.9 Å². The molecule has 1 aromatic heterocycles. The summed E-state index contributed by atoms with van der Waals surface area (Å²) < 4.78 is 13.2. The Bertz CT molecular complexity index is 848. The molecule has 21 heavy (non-hydrogen) atoms. The maximum atomic E-state index is 5.55. The van der Waals surface area contributed by atoms with Crippen LogP contribution in [0.5, 0.6) is 0 Å². The zero-order chi connectivity index (χ0) is 15.0. The summed E-state index contributed by atoms with van der Waals surface area (Å²) in [5.41, 5.74) is 2.46. The van der Waals surface area contributed by atoms with Gasteiger partial charge in [-0.05, 0) is 43.0 Å². The molecule has 0 amide bonds. The van der Waals surface area contributed by atoms with E-state index in [0.717, 1.165) is 11.8 Å². The Labute approximate surface area is 129 Å². The number of aryl methyl sites for hydroxylation is 1. The minimum atomic E-state index is -2.39. The number of hydrogen-bond acceptors (Lipinski definition) is 3. The van der Waals surface area contributed by atoms with Crippen molar-refractivity contribution in [1.29, 1.82) is 0 Å². The number of para-hydroxylation sites is 1. The van der Waals surface area contributed by atoms with Crippen LogP contribution in [0, 0.1) is 0 Å². The second kappa shape index (κ2) is 5.54. The molecular weight excluding hydrogens is 301 g/mol. The average Bonchev–Trinajstić information content (AvgIpc) is 2.87. The van der Waals surface area contributed by atoms with Gasteiger partial charge in [-0.3, -0.25) is 0 Å². The fourth-order valence-electron chi connectivity index (χ4n) is 2.84. The van der Waals surface area contributed by atoms with Crippen molar-refractivity contribution in [3.8, 4) is 0 Å². The number of fused-ring (bicyclic) bond motifs is 3. The molecule has 2 aromatic carbocycles. The van der Waals surface area contributed by atoms with Gasteiger partial charge in [-0.1, -0.05) is 18.2 Å². The van der Waals surface area contributed by atoms with E-state index in [9.17, 15) is 0 Å². The molecule has 3 nitrogen and oxygen atoms in total. The molecule has 0 atom stereocenters. The van der Waals surface area contributed by atoms with Crippen molar-refractivity contribution in [3.63, 3.8) is 0 Å². The molecule has 3 aromatic rings. The van der Waals surface area contributed by atoms with E-state index in [2.05, 4.69) is 47.9 Å². The number of aromatic nitrogens is 1. The molecule has 0 fully saturated rings. The normalized spacial score (nSPS) is 12.3. The highest BCUT2D eigenvalue weighted by molar-refractivity contribution is 8.13. The van der Waals surface area contributed by atoms with Crippen LogP contribution in [0.4, 0.5) is 0 Å². The van der Waals surface area contributed by atoms with Gasteiger partial charge in [0.1, 0.15) is 0 Å². The van der Waals surface area contributed by atoms with Crippen LogP contribution in [-0.4, -0.2) is 18.8 Å². The third kappa shape index (κ3) is 2.23. The summed E-state index contributed by atoms with van der Waals surface area (Å²) in [4.78, 5) is 0. The van der Waals surface area contributed by atoms with Gasteiger partial charge in [-0.15, -0.1) is 0 Å². The zero-order valence-electron chi connectivity index (χ0n) is 12.4. The van der Waals surface area contributed by atoms with Gasteiger partial charge in [0.25, 0.3) is 0 Å². The van der Waals surface area contributed by atoms with Crippen molar-refractivity contribution < 1.29 is 9.05 Å². The summed E-state index contributed by atoms with van der Waals surface area (Å²) in [7, 11) is 3.23. The lowest BCUT2D eigenvalue weighted by Gasteiger charge is -2.18. The minimum absolute atomic E-state index is 0.937. The summed E-state index contributed by atoms with van der Waals surface area (Å²) >= 11 is 5.55. The molecule has 0 bridgehead atoms. The lowest BCUT2D eigenvalue weighted by Crippen LogP contribution is -2.07. The Kier molecular flexibility index (Phi) is 3.89. The largest absolute Gasteiger partial charge is 0.341 e. The fraction of sp³-hybridized carbons (Fsp3) is 0.250. The van der Waals surface area contributed by atoms with Crippen molar-refractivity contribution >= 4 is 45.4 Å². The molecule has 110 valence electrons. The maximum Gasteiger partial charge on any atom is 0.218 e. The van der Waals surface area contributed by atoms with E-state index in [4.69, 9.17) is 20.9 Å². The number of hydrogen-bond donors (Lipinski definition) is 0. The lowest BCUT2D eigenvalue weighted by atomic mass is 10.1. The molecule has 0 aliphatic heterocycles. The van der Waals surface area contributed by atoms with Gasteiger partial charge >= 0.3 is 0 Å². The number of nitrogens with zero attached hydrogens (tertiary/aromatic N) is 1. The van der Waals surface area contributed by atoms with E-state index in [1.54, 1.807) is 14.2 Å². The molecule has 0 saturated heterocycles. The summed E-state index contributed by atoms with van der Waals surface area (Å²) in [5, 5.41) is 3.40. The lowest BCUT2D eigenvalue weighted by molar-refractivity contribution is 0.347. The minimum Gasteiger partial charge on any atom is -0.341 e. The Morgan fingerprint density at radius 1 is 1.00 bits per heavy atom. The molecule has 0 radical (unpaired) electrons. The van der Waals surface area contributed by atoms with Gasteiger partial charge in [0.2, 0.25) is 6.49 Å². The molecule has 0 spiro atoms. The van der Waals surface area contributed by atoms with Crippen molar-refractivity contribution in [2.45, 2.75) is 13.5 Å². The smallest absolute Gasteiger partial charge is 0.218 e. The highest BCUT2D eigenvalue weighted by Crippen LogP contribution is 2.46. The number of rotatable bonds is 4. The highest BCUT2D eigenvalue weighted by Gasteiger charge is 2.20. The van der Waals surface area contributed by atoms with Gasteiger partial charge in [0.15, 0.2) is 0 Å². The van der Waals surface area contributed by atoms with E-state index >= 15 is 0 Å². The SMILES string of the molecule is CCn1c2ccccc2c2cc(P(=S)(OC)OC)ccc21. The molecule has 0 aliphatic rings. The summed E-state index contributed by atoms with van der Waals surface area (Å²) in [6.45, 7) is 0.707. The Balaban J connectivity index is 2.37. The Morgan fingerprint density at radius 2 is 1.67 bits per heavy atom. The molecule has 0 aliphatic carbocycles. The highest BCUT2D eigenvalue weighted by atomic mass is 32.5. The van der Waals surface area contributed by atoms with Crippen LogP contribution in [0.2, 0.25) is 0 Å². The van der Waals surface area contributed by atoms with Gasteiger partial charge in [0.05, 0.1) is 0 Å².